The number of hydrogen-bond donors (Lipinski definition) is 0. The normalized spacial score (nSPS) is 21.8. The van der Waals surface area contributed by atoms with Crippen LogP contribution < -0.4 is 10.2 Å². The molecule has 0 bridgehead atoms. The summed E-state index contributed by atoms with van der Waals surface area (Å²) in [5, 5.41) is 0.411. The standard InChI is InChI=1S/C24H23NO6S/c1-13-9-18-19(10-14(13)2)31-23-20(22(18)26)21(15-5-4-6-17(11-15)30-3)25(24(23)27)16-7-8-32(28,29)12-16/h4-6,9-11,16,21H,7-8,12H2,1-3H3. The second-order valence-corrected chi connectivity index (χ2v) is 10.8. The predicted molar refractivity (Wildman–Crippen MR) is 120 cm³/mol. The van der Waals surface area contributed by atoms with Crippen LogP contribution in [0.2, 0.25) is 0 Å². The van der Waals surface area contributed by atoms with E-state index >= 15 is 0 Å². The summed E-state index contributed by atoms with van der Waals surface area (Å²) in [6.45, 7) is 3.83. The summed E-state index contributed by atoms with van der Waals surface area (Å²) < 4.78 is 35.8. The molecule has 1 amide bonds. The van der Waals surface area contributed by atoms with Crippen molar-refractivity contribution in [2.45, 2.75) is 32.4 Å². The Morgan fingerprint density at radius 3 is 2.53 bits per heavy atom. The Morgan fingerprint density at radius 1 is 1.09 bits per heavy atom. The van der Waals surface area contributed by atoms with Gasteiger partial charge in [-0.3, -0.25) is 9.59 Å². The van der Waals surface area contributed by atoms with E-state index in [0.29, 0.717) is 28.7 Å². The van der Waals surface area contributed by atoms with Crippen LogP contribution in [0.5, 0.6) is 5.75 Å². The first-order chi connectivity index (χ1) is 15.2. The van der Waals surface area contributed by atoms with Crippen molar-refractivity contribution in [2.75, 3.05) is 18.6 Å². The number of rotatable bonds is 3. The average Bonchev–Trinajstić information content (AvgIpc) is 3.26. The number of carbonyl (C=O) groups excluding carboxylic acids is 1. The first kappa shape index (κ1) is 20.8. The van der Waals surface area contributed by atoms with Crippen molar-refractivity contribution in [3.8, 4) is 5.75 Å². The Balaban J connectivity index is 1.78. The Morgan fingerprint density at radius 2 is 1.84 bits per heavy atom. The van der Waals surface area contributed by atoms with Gasteiger partial charge in [-0.25, -0.2) is 8.42 Å². The number of fused-ring (bicyclic) bond motifs is 2. The maximum Gasteiger partial charge on any atom is 0.291 e. The Kier molecular flexibility index (Phi) is 4.67. The number of benzene rings is 2. The van der Waals surface area contributed by atoms with Gasteiger partial charge in [-0.1, -0.05) is 12.1 Å². The van der Waals surface area contributed by atoms with Crippen LogP contribution in [0.15, 0.2) is 45.6 Å². The number of carbonyl (C=O) groups is 1. The van der Waals surface area contributed by atoms with E-state index < -0.39 is 27.8 Å². The van der Waals surface area contributed by atoms with Gasteiger partial charge in [0.25, 0.3) is 5.91 Å². The van der Waals surface area contributed by atoms with Crippen LogP contribution in [-0.2, 0) is 9.84 Å². The van der Waals surface area contributed by atoms with Gasteiger partial charge in [0.05, 0.1) is 35.6 Å². The highest BCUT2D eigenvalue weighted by Gasteiger charge is 2.48. The molecule has 2 unspecified atom stereocenters. The van der Waals surface area contributed by atoms with Gasteiger partial charge in [-0.15, -0.1) is 0 Å². The van der Waals surface area contributed by atoms with Crippen LogP contribution in [0.25, 0.3) is 11.0 Å². The zero-order chi connectivity index (χ0) is 22.8. The van der Waals surface area contributed by atoms with Crippen molar-refractivity contribution < 1.29 is 22.4 Å². The zero-order valence-electron chi connectivity index (χ0n) is 18.0. The molecular weight excluding hydrogens is 430 g/mol. The van der Waals surface area contributed by atoms with Crippen LogP contribution in [0, 0.1) is 13.8 Å². The largest absolute Gasteiger partial charge is 0.497 e. The van der Waals surface area contributed by atoms with Crippen molar-refractivity contribution >= 4 is 26.7 Å². The fourth-order valence-electron chi connectivity index (χ4n) is 4.76. The molecule has 2 atom stereocenters. The fourth-order valence-corrected chi connectivity index (χ4v) is 6.47. The van der Waals surface area contributed by atoms with Crippen molar-refractivity contribution in [2.24, 2.45) is 0 Å². The molecule has 7 nitrogen and oxygen atoms in total. The monoisotopic (exact) mass is 453 g/mol. The van der Waals surface area contributed by atoms with E-state index in [1.54, 1.807) is 37.4 Å². The third kappa shape index (κ3) is 3.12. The van der Waals surface area contributed by atoms with E-state index in [1.165, 1.54) is 4.90 Å². The van der Waals surface area contributed by atoms with E-state index in [2.05, 4.69) is 0 Å². The molecule has 0 spiro atoms. The molecule has 8 heteroatoms. The van der Waals surface area contributed by atoms with Crippen molar-refractivity contribution in [3.63, 3.8) is 0 Å². The summed E-state index contributed by atoms with van der Waals surface area (Å²) in [6, 6.07) is 9.43. The number of ether oxygens (including phenoxy) is 1. The number of nitrogens with zero attached hydrogens (tertiary/aromatic N) is 1. The molecule has 2 aliphatic rings. The van der Waals surface area contributed by atoms with Crippen LogP contribution in [-0.4, -0.2) is 43.9 Å². The van der Waals surface area contributed by atoms with Crippen molar-refractivity contribution in [1.29, 1.82) is 0 Å². The summed E-state index contributed by atoms with van der Waals surface area (Å²) in [4.78, 5) is 28.7. The van der Waals surface area contributed by atoms with Gasteiger partial charge < -0.3 is 14.1 Å². The summed E-state index contributed by atoms with van der Waals surface area (Å²) in [7, 11) is -1.71. The molecule has 2 aromatic carbocycles. The smallest absolute Gasteiger partial charge is 0.291 e. The predicted octanol–water partition coefficient (Wildman–Crippen LogP) is 3.15. The Hall–Kier alpha value is -3.13. The second-order valence-electron chi connectivity index (χ2n) is 8.56. The van der Waals surface area contributed by atoms with E-state index in [1.807, 2.05) is 19.9 Å². The molecule has 2 aliphatic heterocycles. The van der Waals surface area contributed by atoms with Crippen LogP contribution in [0.4, 0.5) is 0 Å². The van der Waals surface area contributed by atoms with E-state index in [4.69, 9.17) is 9.15 Å². The lowest BCUT2D eigenvalue weighted by Crippen LogP contribution is -2.40. The van der Waals surface area contributed by atoms with Crippen LogP contribution >= 0.6 is 0 Å². The minimum absolute atomic E-state index is 0.0112. The Labute approximate surface area is 185 Å². The third-order valence-corrected chi connectivity index (χ3v) is 8.28. The molecule has 0 radical (unpaired) electrons. The zero-order valence-corrected chi connectivity index (χ0v) is 18.9. The molecule has 0 aliphatic carbocycles. The lowest BCUT2D eigenvalue weighted by atomic mass is 9.96. The summed E-state index contributed by atoms with van der Waals surface area (Å²) in [5.41, 5.74) is 2.92. The highest BCUT2D eigenvalue weighted by Crippen LogP contribution is 2.42. The molecule has 1 aromatic heterocycles. The van der Waals surface area contributed by atoms with E-state index in [-0.39, 0.29) is 28.3 Å². The number of hydrogen-bond acceptors (Lipinski definition) is 6. The maximum atomic E-state index is 13.7. The quantitative estimate of drug-likeness (QED) is 0.605. The highest BCUT2D eigenvalue weighted by atomic mass is 32.2. The first-order valence-electron chi connectivity index (χ1n) is 10.4. The van der Waals surface area contributed by atoms with Crippen LogP contribution in [0.3, 0.4) is 0 Å². The molecule has 3 aromatic rings. The fraction of sp³-hybridized carbons (Fsp3) is 0.333. The SMILES string of the molecule is COc1cccc(C2c3c(oc4cc(C)c(C)cc4c3=O)C(=O)N2C2CCS(=O)(=O)C2)c1. The molecule has 32 heavy (non-hydrogen) atoms. The number of methoxy groups -OCH3 is 1. The van der Waals surface area contributed by atoms with Crippen molar-refractivity contribution in [1.82, 2.24) is 4.90 Å². The highest BCUT2D eigenvalue weighted by molar-refractivity contribution is 7.91. The summed E-state index contributed by atoms with van der Waals surface area (Å²) >= 11 is 0. The second kappa shape index (κ2) is 7.20. The molecule has 166 valence electrons. The molecule has 0 N–H and O–H groups in total. The van der Waals surface area contributed by atoms with Gasteiger partial charge >= 0.3 is 0 Å². The summed E-state index contributed by atoms with van der Waals surface area (Å²) in [6.07, 6.45) is 0.328. The maximum absolute atomic E-state index is 13.7. The minimum atomic E-state index is -3.25. The van der Waals surface area contributed by atoms with Gasteiger partial charge in [-0.2, -0.15) is 0 Å². The third-order valence-electron chi connectivity index (χ3n) is 6.53. The lowest BCUT2D eigenvalue weighted by Gasteiger charge is -2.30. The van der Waals surface area contributed by atoms with E-state index in [9.17, 15) is 18.0 Å². The number of amides is 1. The molecule has 3 heterocycles. The molecule has 1 saturated heterocycles. The summed E-state index contributed by atoms with van der Waals surface area (Å²) in [5.74, 6) is 0.0118. The van der Waals surface area contributed by atoms with Crippen molar-refractivity contribution in [3.05, 3.63) is 74.6 Å². The molecule has 5 rings (SSSR count). The van der Waals surface area contributed by atoms with E-state index in [0.717, 1.165) is 11.1 Å². The average molecular weight is 454 g/mol. The lowest BCUT2D eigenvalue weighted by molar-refractivity contribution is 0.0662. The minimum Gasteiger partial charge on any atom is -0.497 e. The topological polar surface area (TPSA) is 93.9 Å². The first-order valence-corrected chi connectivity index (χ1v) is 12.3. The van der Waals surface area contributed by atoms with Gasteiger partial charge in [-0.05, 0) is 61.2 Å². The van der Waals surface area contributed by atoms with Gasteiger partial charge in [0, 0.05) is 6.04 Å². The van der Waals surface area contributed by atoms with Gasteiger partial charge in [0.2, 0.25) is 5.76 Å². The number of aryl methyl sites for hydroxylation is 2. The Bertz CT molecular complexity index is 1440. The molecule has 0 saturated carbocycles. The van der Waals surface area contributed by atoms with Gasteiger partial charge in [0.1, 0.15) is 11.3 Å². The number of sulfone groups is 1. The molecular formula is C24H23NO6S. The van der Waals surface area contributed by atoms with Gasteiger partial charge in [0.15, 0.2) is 15.3 Å². The molecule has 1 fully saturated rings. The van der Waals surface area contributed by atoms with Crippen LogP contribution in [0.1, 0.15) is 45.3 Å².